The normalized spacial score (nSPS) is 16.8. The number of rotatable bonds is 7. The average Bonchev–Trinajstić information content (AvgIpc) is 2.72. The minimum atomic E-state index is -4.49. The molecule has 0 spiro atoms. The lowest BCUT2D eigenvalue weighted by atomic mass is 10.1. The standard InChI is InChI=1S/C20H20ClF3N2O4S/c21-16-4-5-18(30-13-19(27)28)14(10-16)12-25-6-8-26(9-7-25)31(29)17-3-1-2-15(11-17)20(22,23)24/h1-5,10-11H,6-9,12-13H2,(H,27,28). The van der Waals surface area contributed by atoms with Crippen molar-refractivity contribution in [2.45, 2.75) is 17.6 Å². The molecule has 0 amide bonds. The van der Waals surface area contributed by atoms with Gasteiger partial charge in [-0.25, -0.2) is 4.79 Å². The Hall–Kier alpha value is -1.98. The second-order valence-electron chi connectivity index (χ2n) is 6.91. The first kappa shape index (κ1) is 23.7. The number of carboxylic acids is 1. The lowest BCUT2D eigenvalue weighted by molar-refractivity contribution is -0.139. The summed E-state index contributed by atoms with van der Waals surface area (Å²) < 4.78 is 58.5. The molecule has 168 valence electrons. The van der Waals surface area contributed by atoms with Crippen molar-refractivity contribution in [1.82, 2.24) is 9.21 Å². The third-order valence-electron chi connectivity index (χ3n) is 4.70. The molecule has 1 aliphatic rings. The molecular formula is C20H20ClF3N2O4S. The lowest BCUT2D eigenvalue weighted by Crippen LogP contribution is -2.48. The fraction of sp³-hybridized carbons (Fsp3) is 0.350. The minimum absolute atomic E-state index is 0.113. The number of aliphatic carboxylic acids is 1. The molecule has 1 heterocycles. The number of hydrogen-bond donors (Lipinski definition) is 1. The molecule has 11 heteroatoms. The van der Waals surface area contributed by atoms with Gasteiger partial charge in [-0.15, -0.1) is 4.31 Å². The number of piperazine rings is 1. The van der Waals surface area contributed by atoms with Gasteiger partial charge in [0.1, 0.15) is 5.75 Å². The van der Waals surface area contributed by atoms with Crippen LogP contribution in [0.4, 0.5) is 13.2 Å². The van der Waals surface area contributed by atoms with Gasteiger partial charge in [-0.1, -0.05) is 17.7 Å². The lowest BCUT2D eigenvalue weighted by Gasteiger charge is -2.34. The van der Waals surface area contributed by atoms with E-state index in [0.29, 0.717) is 43.5 Å². The van der Waals surface area contributed by atoms with Gasteiger partial charge in [-0.3, -0.25) is 4.90 Å². The molecule has 1 unspecified atom stereocenters. The molecule has 31 heavy (non-hydrogen) atoms. The predicted octanol–water partition coefficient (Wildman–Crippen LogP) is 3.66. The second-order valence-corrected chi connectivity index (χ2v) is 8.84. The summed E-state index contributed by atoms with van der Waals surface area (Å²) in [5.41, 5.74) is -0.104. The molecule has 1 fully saturated rings. The fourth-order valence-electron chi connectivity index (χ4n) is 3.18. The molecule has 1 saturated heterocycles. The van der Waals surface area contributed by atoms with Gasteiger partial charge in [0.2, 0.25) is 0 Å². The number of carbonyl (C=O) groups is 1. The van der Waals surface area contributed by atoms with Crippen LogP contribution in [-0.2, 0) is 28.9 Å². The maximum atomic E-state index is 12.9. The number of ether oxygens (including phenoxy) is 1. The highest BCUT2D eigenvalue weighted by molar-refractivity contribution is 7.89. The van der Waals surface area contributed by atoms with Crippen molar-refractivity contribution in [3.63, 3.8) is 0 Å². The van der Waals surface area contributed by atoms with E-state index in [1.807, 2.05) is 0 Å². The zero-order valence-electron chi connectivity index (χ0n) is 16.3. The summed E-state index contributed by atoms with van der Waals surface area (Å²) >= 11 is 4.36. The van der Waals surface area contributed by atoms with Crippen molar-refractivity contribution in [2.75, 3.05) is 32.8 Å². The van der Waals surface area contributed by atoms with Gasteiger partial charge in [0.25, 0.3) is 0 Å². The predicted molar refractivity (Wildman–Crippen MR) is 109 cm³/mol. The van der Waals surface area contributed by atoms with Gasteiger partial charge in [0.15, 0.2) is 11.5 Å². The molecule has 2 aromatic carbocycles. The van der Waals surface area contributed by atoms with E-state index in [1.165, 1.54) is 12.1 Å². The summed E-state index contributed by atoms with van der Waals surface area (Å²) in [6.45, 7) is 1.81. The average molecular weight is 477 g/mol. The van der Waals surface area contributed by atoms with Crippen LogP contribution >= 0.6 is 11.6 Å². The van der Waals surface area contributed by atoms with Gasteiger partial charge >= 0.3 is 12.1 Å². The van der Waals surface area contributed by atoms with Crippen molar-refractivity contribution >= 4 is 28.9 Å². The highest BCUT2D eigenvalue weighted by atomic mass is 35.5. The Morgan fingerprint density at radius 1 is 1.16 bits per heavy atom. The zero-order chi connectivity index (χ0) is 22.6. The molecule has 0 aromatic heterocycles. The summed E-state index contributed by atoms with van der Waals surface area (Å²) in [7, 11) is 0. The molecule has 6 nitrogen and oxygen atoms in total. The van der Waals surface area contributed by atoms with Crippen LogP contribution in [0, 0.1) is 0 Å². The first-order chi connectivity index (χ1) is 14.6. The summed E-state index contributed by atoms with van der Waals surface area (Å²) in [5, 5.41) is 9.31. The Labute approximate surface area is 185 Å². The molecule has 0 aliphatic carbocycles. The Kier molecular flexibility index (Phi) is 7.71. The van der Waals surface area contributed by atoms with E-state index in [9.17, 15) is 22.5 Å². The van der Waals surface area contributed by atoms with Crippen LogP contribution in [0.3, 0.4) is 0 Å². The van der Waals surface area contributed by atoms with E-state index in [4.69, 9.17) is 21.4 Å². The van der Waals surface area contributed by atoms with Crippen molar-refractivity contribution in [1.29, 1.82) is 0 Å². The van der Waals surface area contributed by atoms with Crippen LogP contribution < -0.4 is 4.74 Å². The van der Waals surface area contributed by atoms with E-state index >= 15 is 0 Å². The van der Waals surface area contributed by atoms with Crippen molar-refractivity contribution in [3.05, 3.63) is 58.6 Å². The summed E-state index contributed by atoms with van der Waals surface area (Å²) in [4.78, 5) is 12.9. The van der Waals surface area contributed by atoms with Crippen LogP contribution in [0.25, 0.3) is 0 Å². The highest BCUT2D eigenvalue weighted by Gasteiger charge is 2.33. The Morgan fingerprint density at radius 3 is 2.52 bits per heavy atom. The summed E-state index contributed by atoms with van der Waals surface area (Å²) in [5.74, 6) is -0.673. The molecule has 1 N–H and O–H groups in total. The number of halogens is 4. The van der Waals surface area contributed by atoms with Gasteiger partial charge in [-0.05, 0) is 30.3 Å². The van der Waals surface area contributed by atoms with Crippen LogP contribution in [0.15, 0.2) is 47.4 Å². The van der Waals surface area contributed by atoms with E-state index < -0.39 is 35.7 Å². The number of hydrogen-bond acceptors (Lipinski definition) is 5. The number of nitrogens with zero attached hydrogens (tertiary/aromatic N) is 2. The Morgan fingerprint density at radius 2 is 1.87 bits per heavy atom. The smallest absolute Gasteiger partial charge is 0.416 e. The van der Waals surface area contributed by atoms with E-state index in [1.54, 1.807) is 22.5 Å². The molecule has 0 saturated carbocycles. The SMILES string of the molecule is O=C(O)COc1ccc(Cl)cc1CN1CCN([S+]([O-])c2cccc(C(F)(F)F)c2)CC1. The molecule has 3 rings (SSSR count). The third-order valence-corrected chi connectivity index (χ3v) is 6.42. The van der Waals surface area contributed by atoms with Gasteiger partial charge < -0.3 is 14.4 Å². The summed E-state index contributed by atoms with van der Waals surface area (Å²) in [6, 6.07) is 9.47. The Balaban J connectivity index is 1.61. The first-order valence-electron chi connectivity index (χ1n) is 9.33. The van der Waals surface area contributed by atoms with E-state index in [2.05, 4.69) is 4.90 Å². The fourth-order valence-corrected chi connectivity index (χ4v) is 4.59. The topological polar surface area (TPSA) is 76.1 Å². The minimum Gasteiger partial charge on any atom is -0.593 e. The molecular weight excluding hydrogens is 457 g/mol. The van der Waals surface area contributed by atoms with Crippen LogP contribution in [0.2, 0.25) is 5.02 Å². The van der Waals surface area contributed by atoms with Gasteiger partial charge in [0, 0.05) is 36.3 Å². The number of carboxylic acid groups (broad SMARTS) is 1. The van der Waals surface area contributed by atoms with E-state index in [-0.39, 0.29) is 4.90 Å². The number of benzene rings is 2. The van der Waals surface area contributed by atoms with Gasteiger partial charge in [-0.2, -0.15) is 13.2 Å². The quantitative estimate of drug-likeness (QED) is 0.615. The molecule has 1 atom stereocenters. The maximum Gasteiger partial charge on any atom is 0.416 e. The van der Waals surface area contributed by atoms with Crippen molar-refractivity contribution < 1.29 is 32.4 Å². The van der Waals surface area contributed by atoms with Crippen molar-refractivity contribution in [3.8, 4) is 5.75 Å². The third kappa shape index (κ3) is 6.50. The van der Waals surface area contributed by atoms with Gasteiger partial charge in [0.05, 0.1) is 30.0 Å². The molecule has 0 radical (unpaired) electrons. The maximum absolute atomic E-state index is 12.9. The first-order valence-corrected chi connectivity index (χ1v) is 10.8. The van der Waals surface area contributed by atoms with E-state index in [0.717, 1.165) is 17.7 Å². The molecule has 2 aromatic rings. The van der Waals surface area contributed by atoms with Crippen molar-refractivity contribution in [2.24, 2.45) is 0 Å². The summed E-state index contributed by atoms with van der Waals surface area (Å²) in [6.07, 6.45) is -4.49. The highest BCUT2D eigenvalue weighted by Crippen LogP contribution is 2.31. The molecule has 1 aliphatic heterocycles. The number of alkyl halides is 3. The monoisotopic (exact) mass is 476 g/mol. The molecule has 0 bridgehead atoms. The van der Waals surface area contributed by atoms with Crippen LogP contribution in [0.5, 0.6) is 5.75 Å². The zero-order valence-corrected chi connectivity index (χ0v) is 17.8. The second kappa shape index (κ2) is 10.1. The largest absolute Gasteiger partial charge is 0.593 e. The van der Waals surface area contributed by atoms with Crippen LogP contribution in [-0.4, -0.2) is 57.6 Å². The van der Waals surface area contributed by atoms with Crippen LogP contribution in [0.1, 0.15) is 11.1 Å². The Bertz CT molecular complexity index is 924.